The first-order valence-corrected chi connectivity index (χ1v) is 11.9. The van der Waals surface area contributed by atoms with Gasteiger partial charge >= 0.3 is 0 Å². The second-order valence-electron chi connectivity index (χ2n) is 7.13. The fraction of sp³-hybridized carbons (Fsp3) is 0.0417. The van der Waals surface area contributed by atoms with Gasteiger partial charge < -0.3 is 0 Å². The Balaban J connectivity index is 1.42. The lowest BCUT2D eigenvalue weighted by molar-refractivity contribution is -0.385. The van der Waals surface area contributed by atoms with E-state index in [1.165, 1.54) is 36.2 Å². The van der Waals surface area contributed by atoms with Crippen LogP contribution in [0, 0.1) is 10.1 Å². The van der Waals surface area contributed by atoms with Crippen LogP contribution in [0.1, 0.15) is 5.56 Å². The molecule has 0 saturated heterocycles. The summed E-state index contributed by atoms with van der Waals surface area (Å²) < 4.78 is 1.84. The third kappa shape index (κ3) is 6.20. The van der Waals surface area contributed by atoms with Crippen molar-refractivity contribution < 1.29 is 9.72 Å². The van der Waals surface area contributed by atoms with Gasteiger partial charge in [0.25, 0.3) is 11.6 Å². The van der Waals surface area contributed by atoms with Gasteiger partial charge in [-0.05, 0) is 54.6 Å². The maximum absolute atomic E-state index is 12.3. The Hall–Kier alpha value is -4.35. The van der Waals surface area contributed by atoms with Crippen LogP contribution in [0.4, 0.5) is 5.69 Å². The number of hydrogen-bond donors (Lipinski definition) is 1. The minimum absolute atomic E-state index is 0.0153. The van der Waals surface area contributed by atoms with E-state index in [0.717, 1.165) is 11.3 Å². The van der Waals surface area contributed by atoms with E-state index in [2.05, 4.69) is 25.7 Å². The molecule has 180 valence electrons. The van der Waals surface area contributed by atoms with Crippen LogP contribution in [0.2, 0.25) is 5.02 Å². The van der Waals surface area contributed by atoms with Crippen molar-refractivity contribution in [1.29, 1.82) is 0 Å². The summed E-state index contributed by atoms with van der Waals surface area (Å²) in [6.07, 6.45) is 7.72. The Morgan fingerprint density at radius 3 is 2.61 bits per heavy atom. The summed E-state index contributed by atoms with van der Waals surface area (Å²) in [4.78, 5) is 27.0. The van der Waals surface area contributed by atoms with Crippen molar-refractivity contribution in [3.8, 4) is 17.1 Å². The number of amides is 1. The maximum Gasteiger partial charge on any atom is 0.276 e. The molecule has 0 saturated carbocycles. The molecule has 4 aromatic rings. The summed E-state index contributed by atoms with van der Waals surface area (Å²) in [6.45, 7) is 0. The molecule has 0 aliphatic rings. The number of pyridine rings is 1. The molecule has 12 heteroatoms. The van der Waals surface area contributed by atoms with E-state index in [9.17, 15) is 14.9 Å². The number of nitro benzene ring substituents is 1. The molecular weight excluding hydrogens is 502 g/mol. The average molecular weight is 520 g/mol. The number of allylic oxidation sites excluding steroid dienone is 1. The van der Waals surface area contributed by atoms with Gasteiger partial charge in [-0.1, -0.05) is 35.5 Å². The molecule has 0 radical (unpaired) electrons. The maximum atomic E-state index is 12.3. The van der Waals surface area contributed by atoms with Gasteiger partial charge in [0, 0.05) is 40.9 Å². The van der Waals surface area contributed by atoms with Crippen LogP contribution in [0.25, 0.3) is 23.2 Å². The first kappa shape index (κ1) is 24.8. The molecule has 10 nitrogen and oxygen atoms in total. The normalized spacial score (nSPS) is 11.2. The van der Waals surface area contributed by atoms with Gasteiger partial charge in [0.2, 0.25) is 0 Å². The Kier molecular flexibility index (Phi) is 8.16. The number of para-hydroxylation sites is 1. The quantitative estimate of drug-likeness (QED) is 0.145. The van der Waals surface area contributed by atoms with Crippen LogP contribution in [0.3, 0.4) is 0 Å². The molecule has 2 aromatic heterocycles. The molecule has 0 bridgehead atoms. The molecule has 2 aromatic carbocycles. The molecule has 1 N–H and O–H groups in total. The van der Waals surface area contributed by atoms with Crippen LogP contribution in [-0.4, -0.2) is 42.5 Å². The Morgan fingerprint density at radius 1 is 1.11 bits per heavy atom. The summed E-state index contributed by atoms with van der Waals surface area (Å²) in [7, 11) is 0. The van der Waals surface area contributed by atoms with E-state index in [1.54, 1.807) is 42.7 Å². The van der Waals surface area contributed by atoms with Crippen molar-refractivity contribution in [3.05, 3.63) is 99.8 Å². The molecular formula is C24H18ClN7O3S. The summed E-state index contributed by atoms with van der Waals surface area (Å²) >= 11 is 7.24. The number of hydrogen-bond acceptors (Lipinski definition) is 8. The van der Waals surface area contributed by atoms with E-state index in [0.29, 0.717) is 21.6 Å². The summed E-state index contributed by atoms with van der Waals surface area (Å²) in [5.41, 5.74) is 4.45. The van der Waals surface area contributed by atoms with Crippen LogP contribution in [0.15, 0.2) is 89.4 Å². The lowest BCUT2D eigenvalue weighted by atomic mass is 10.2. The standard InChI is InChI=1S/C24H18ClN7O3S/c25-19-7-9-20(10-8-19)31-23(18-11-14-26-15-12-18)29-30-24(31)36-16-22(33)28-27-13-3-5-17-4-1-2-6-21(17)32(34)35/h1-15H,16H2,(H,28,33)/b5-3+,27-13+. The number of carbonyl (C=O) groups excluding carboxylic acids is 1. The van der Waals surface area contributed by atoms with E-state index >= 15 is 0 Å². The molecule has 0 spiro atoms. The molecule has 0 aliphatic heterocycles. The minimum atomic E-state index is -0.460. The number of rotatable bonds is 9. The monoisotopic (exact) mass is 519 g/mol. The number of carbonyl (C=O) groups is 1. The van der Waals surface area contributed by atoms with Gasteiger partial charge in [-0.15, -0.1) is 10.2 Å². The van der Waals surface area contributed by atoms with Crippen molar-refractivity contribution in [2.45, 2.75) is 5.16 Å². The fourth-order valence-electron chi connectivity index (χ4n) is 3.13. The molecule has 2 heterocycles. The van der Waals surface area contributed by atoms with E-state index < -0.39 is 4.92 Å². The first-order valence-electron chi connectivity index (χ1n) is 10.5. The highest BCUT2D eigenvalue weighted by Gasteiger charge is 2.17. The zero-order valence-electron chi connectivity index (χ0n) is 18.6. The largest absolute Gasteiger partial charge is 0.276 e. The number of halogens is 1. The number of nitrogens with one attached hydrogen (secondary N) is 1. The molecule has 36 heavy (non-hydrogen) atoms. The molecule has 0 unspecified atom stereocenters. The van der Waals surface area contributed by atoms with Gasteiger partial charge in [-0.25, -0.2) is 5.43 Å². The number of benzene rings is 2. The Morgan fingerprint density at radius 2 is 1.86 bits per heavy atom. The Labute approximate surface area is 214 Å². The first-order chi connectivity index (χ1) is 17.5. The third-order valence-corrected chi connectivity index (χ3v) is 5.93. The zero-order valence-corrected chi connectivity index (χ0v) is 20.1. The van der Waals surface area contributed by atoms with E-state index in [1.807, 2.05) is 28.8 Å². The average Bonchev–Trinajstić information content (AvgIpc) is 3.32. The second kappa shape index (κ2) is 11.9. The minimum Gasteiger partial charge on any atom is -0.272 e. The summed E-state index contributed by atoms with van der Waals surface area (Å²) in [5.74, 6) is 0.278. The van der Waals surface area contributed by atoms with Crippen molar-refractivity contribution in [2.24, 2.45) is 5.10 Å². The van der Waals surface area contributed by atoms with Crippen molar-refractivity contribution in [3.63, 3.8) is 0 Å². The predicted octanol–water partition coefficient (Wildman–Crippen LogP) is 4.80. The molecule has 1 amide bonds. The van der Waals surface area contributed by atoms with Crippen LogP contribution in [-0.2, 0) is 4.79 Å². The third-order valence-electron chi connectivity index (χ3n) is 4.75. The molecule has 4 rings (SSSR count). The lowest BCUT2D eigenvalue weighted by Gasteiger charge is -2.10. The van der Waals surface area contributed by atoms with Crippen molar-refractivity contribution in [1.82, 2.24) is 25.2 Å². The highest BCUT2D eigenvalue weighted by atomic mass is 35.5. The van der Waals surface area contributed by atoms with Crippen molar-refractivity contribution in [2.75, 3.05) is 5.75 Å². The highest BCUT2D eigenvalue weighted by Crippen LogP contribution is 2.28. The van der Waals surface area contributed by atoms with Gasteiger partial charge in [0.05, 0.1) is 16.2 Å². The van der Waals surface area contributed by atoms with Gasteiger partial charge in [0.1, 0.15) is 0 Å². The summed E-state index contributed by atoms with van der Waals surface area (Å²) in [5, 5.41) is 24.6. The van der Waals surface area contributed by atoms with Gasteiger partial charge in [0.15, 0.2) is 11.0 Å². The Bertz CT molecular complexity index is 1420. The number of thioether (sulfide) groups is 1. The number of aromatic nitrogens is 4. The molecule has 0 fully saturated rings. The summed E-state index contributed by atoms with van der Waals surface area (Å²) in [6, 6.07) is 17.2. The highest BCUT2D eigenvalue weighted by molar-refractivity contribution is 7.99. The van der Waals surface area contributed by atoms with Crippen LogP contribution < -0.4 is 5.43 Å². The zero-order chi connectivity index (χ0) is 25.3. The topological polar surface area (TPSA) is 128 Å². The number of nitrogens with zero attached hydrogens (tertiary/aromatic N) is 6. The van der Waals surface area contributed by atoms with E-state index in [4.69, 9.17) is 11.6 Å². The lowest BCUT2D eigenvalue weighted by Crippen LogP contribution is -2.19. The van der Waals surface area contributed by atoms with Gasteiger partial charge in [-0.2, -0.15) is 5.10 Å². The van der Waals surface area contributed by atoms with Crippen LogP contribution >= 0.6 is 23.4 Å². The second-order valence-corrected chi connectivity index (χ2v) is 8.51. The fourth-order valence-corrected chi connectivity index (χ4v) is 4.00. The smallest absolute Gasteiger partial charge is 0.272 e. The number of nitro groups is 1. The van der Waals surface area contributed by atoms with Crippen LogP contribution in [0.5, 0.6) is 0 Å². The van der Waals surface area contributed by atoms with Gasteiger partial charge in [-0.3, -0.25) is 24.5 Å². The molecule has 0 atom stereocenters. The van der Waals surface area contributed by atoms with E-state index in [-0.39, 0.29) is 17.3 Å². The predicted molar refractivity (Wildman–Crippen MR) is 139 cm³/mol. The molecule has 0 aliphatic carbocycles. The SMILES string of the molecule is O=C(CSc1nnc(-c2ccncc2)n1-c1ccc(Cl)cc1)N/N=C/C=C/c1ccccc1[N+](=O)[O-]. The number of hydrazone groups is 1. The van der Waals surface area contributed by atoms with Crippen molar-refractivity contribution >= 4 is 47.2 Å².